The lowest BCUT2D eigenvalue weighted by molar-refractivity contribution is -0.122. The Kier molecular flexibility index (Phi) is 4.55. The monoisotopic (exact) mass is 251 g/mol. The van der Waals surface area contributed by atoms with Gasteiger partial charge in [0.15, 0.2) is 0 Å². The molecule has 0 saturated heterocycles. The number of primary amides is 1. The van der Waals surface area contributed by atoms with Crippen molar-refractivity contribution in [1.29, 1.82) is 0 Å². The highest BCUT2D eigenvalue weighted by Crippen LogP contribution is 2.19. The Morgan fingerprint density at radius 3 is 2.39 bits per heavy atom. The van der Waals surface area contributed by atoms with Crippen molar-refractivity contribution in [2.24, 2.45) is 11.5 Å². The molecular weight excluding hydrogens is 230 g/mol. The van der Waals surface area contributed by atoms with Gasteiger partial charge in [-0.3, -0.25) is 4.79 Å². The molecule has 0 aliphatic heterocycles. The molecule has 5 nitrogen and oxygen atoms in total. The number of carbonyl (C=O) groups is 1. The first-order valence-electron chi connectivity index (χ1n) is 5.81. The van der Waals surface area contributed by atoms with Gasteiger partial charge < -0.3 is 21.1 Å². The fourth-order valence-electron chi connectivity index (χ4n) is 1.49. The highest BCUT2D eigenvalue weighted by molar-refractivity contribution is 5.83. The standard InChI is InChI=1S/C13H21N3O2/c1-13(15,12(14)17)8-9-16(2)10-4-6-11(18-3)7-5-10/h4-7H,8-9,15H2,1-3H3,(H2,14,17). The summed E-state index contributed by atoms with van der Waals surface area (Å²) in [4.78, 5) is 13.1. The maximum absolute atomic E-state index is 11.1. The molecule has 0 radical (unpaired) electrons. The van der Waals surface area contributed by atoms with Crippen molar-refractivity contribution in [2.45, 2.75) is 18.9 Å². The fourth-order valence-corrected chi connectivity index (χ4v) is 1.49. The van der Waals surface area contributed by atoms with E-state index in [0.29, 0.717) is 13.0 Å². The van der Waals surface area contributed by atoms with Gasteiger partial charge >= 0.3 is 0 Å². The van der Waals surface area contributed by atoms with Crippen molar-refractivity contribution in [1.82, 2.24) is 0 Å². The molecule has 0 saturated carbocycles. The van der Waals surface area contributed by atoms with Crippen LogP contribution in [0.3, 0.4) is 0 Å². The van der Waals surface area contributed by atoms with E-state index >= 15 is 0 Å². The van der Waals surface area contributed by atoms with Gasteiger partial charge in [0.1, 0.15) is 5.75 Å². The summed E-state index contributed by atoms with van der Waals surface area (Å²) < 4.78 is 5.09. The van der Waals surface area contributed by atoms with E-state index in [-0.39, 0.29) is 0 Å². The van der Waals surface area contributed by atoms with Crippen LogP contribution < -0.4 is 21.1 Å². The van der Waals surface area contributed by atoms with Crippen LogP contribution >= 0.6 is 0 Å². The van der Waals surface area contributed by atoms with E-state index in [1.807, 2.05) is 36.2 Å². The zero-order valence-electron chi connectivity index (χ0n) is 11.1. The molecule has 0 fully saturated rings. The van der Waals surface area contributed by atoms with Gasteiger partial charge in [0.25, 0.3) is 0 Å². The molecule has 1 rings (SSSR count). The van der Waals surface area contributed by atoms with Gasteiger partial charge in [-0.1, -0.05) is 0 Å². The number of rotatable bonds is 6. The van der Waals surface area contributed by atoms with Crippen LogP contribution in [0.4, 0.5) is 5.69 Å². The van der Waals surface area contributed by atoms with Crippen molar-refractivity contribution in [3.63, 3.8) is 0 Å². The Labute approximate surface area is 108 Å². The lowest BCUT2D eigenvalue weighted by Gasteiger charge is -2.25. The third kappa shape index (κ3) is 3.63. The third-order valence-corrected chi connectivity index (χ3v) is 3.04. The average molecular weight is 251 g/mol. The number of methoxy groups -OCH3 is 1. The molecule has 18 heavy (non-hydrogen) atoms. The van der Waals surface area contributed by atoms with Crippen LogP contribution in [0.25, 0.3) is 0 Å². The number of amides is 1. The SMILES string of the molecule is COc1ccc(N(C)CCC(C)(N)C(N)=O)cc1. The highest BCUT2D eigenvalue weighted by Gasteiger charge is 2.25. The molecule has 1 amide bonds. The minimum Gasteiger partial charge on any atom is -0.497 e. The Morgan fingerprint density at radius 1 is 1.39 bits per heavy atom. The lowest BCUT2D eigenvalue weighted by Crippen LogP contribution is -2.51. The van der Waals surface area contributed by atoms with Crippen LogP contribution in [-0.2, 0) is 4.79 Å². The Bertz CT molecular complexity index is 401. The Morgan fingerprint density at radius 2 is 1.94 bits per heavy atom. The minimum absolute atomic E-state index is 0.481. The van der Waals surface area contributed by atoms with E-state index in [1.54, 1.807) is 14.0 Å². The van der Waals surface area contributed by atoms with Gasteiger partial charge in [-0.2, -0.15) is 0 Å². The summed E-state index contributed by atoms with van der Waals surface area (Å²) >= 11 is 0. The van der Waals surface area contributed by atoms with Crippen molar-refractivity contribution < 1.29 is 9.53 Å². The van der Waals surface area contributed by atoms with Gasteiger partial charge in [0.2, 0.25) is 5.91 Å². The zero-order chi connectivity index (χ0) is 13.8. The van der Waals surface area contributed by atoms with Crippen molar-refractivity contribution >= 4 is 11.6 Å². The van der Waals surface area contributed by atoms with E-state index < -0.39 is 11.4 Å². The first-order valence-corrected chi connectivity index (χ1v) is 5.81. The number of nitrogens with two attached hydrogens (primary N) is 2. The molecule has 0 aliphatic carbocycles. The van der Waals surface area contributed by atoms with Crippen LogP contribution in [0.1, 0.15) is 13.3 Å². The summed E-state index contributed by atoms with van der Waals surface area (Å²) in [6.45, 7) is 2.31. The summed E-state index contributed by atoms with van der Waals surface area (Å²) in [5.41, 5.74) is 11.1. The number of nitrogens with zero attached hydrogens (tertiary/aromatic N) is 1. The quantitative estimate of drug-likeness (QED) is 0.780. The van der Waals surface area contributed by atoms with Crippen LogP contribution in [0.2, 0.25) is 0 Å². The van der Waals surface area contributed by atoms with Gasteiger partial charge in [0, 0.05) is 19.3 Å². The summed E-state index contributed by atoms with van der Waals surface area (Å²) in [5, 5.41) is 0. The molecule has 0 spiro atoms. The first kappa shape index (κ1) is 14.3. The number of hydrogen-bond acceptors (Lipinski definition) is 4. The Balaban J connectivity index is 2.59. The summed E-state index contributed by atoms with van der Waals surface area (Å²) in [7, 11) is 3.57. The van der Waals surface area contributed by atoms with E-state index in [4.69, 9.17) is 16.2 Å². The molecule has 0 aliphatic rings. The fraction of sp³-hybridized carbons (Fsp3) is 0.462. The molecule has 1 unspecified atom stereocenters. The van der Waals surface area contributed by atoms with Crippen LogP contribution in [0.5, 0.6) is 5.75 Å². The van der Waals surface area contributed by atoms with Crippen molar-refractivity contribution in [2.75, 3.05) is 25.6 Å². The molecule has 5 heteroatoms. The second kappa shape index (κ2) is 5.73. The van der Waals surface area contributed by atoms with Crippen molar-refractivity contribution in [3.05, 3.63) is 24.3 Å². The Hall–Kier alpha value is -1.75. The largest absolute Gasteiger partial charge is 0.497 e. The molecule has 1 aromatic rings. The smallest absolute Gasteiger partial charge is 0.237 e. The van der Waals surface area contributed by atoms with Crippen LogP contribution in [0.15, 0.2) is 24.3 Å². The lowest BCUT2D eigenvalue weighted by atomic mass is 9.98. The normalized spacial score (nSPS) is 13.8. The maximum Gasteiger partial charge on any atom is 0.237 e. The molecule has 1 atom stereocenters. The number of benzene rings is 1. The van der Waals surface area contributed by atoms with Gasteiger partial charge in [-0.15, -0.1) is 0 Å². The van der Waals surface area contributed by atoms with Gasteiger partial charge in [-0.05, 0) is 37.6 Å². The molecule has 4 N–H and O–H groups in total. The van der Waals surface area contributed by atoms with Gasteiger partial charge in [0.05, 0.1) is 12.6 Å². The highest BCUT2D eigenvalue weighted by atomic mass is 16.5. The predicted molar refractivity (Wildman–Crippen MR) is 72.7 cm³/mol. The molecular formula is C13H21N3O2. The van der Waals surface area contributed by atoms with Gasteiger partial charge in [-0.25, -0.2) is 0 Å². The molecule has 1 aromatic carbocycles. The van der Waals surface area contributed by atoms with Crippen LogP contribution in [0, 0.1) is 0 Å². The number of hydrogen-bond donors (Lipinski definition) is 2. The summed E-state index contributed by atoms with van der Waals surface area (Å²) in [6, 6.07) is 7.69. The number of ether oxygens (including phenoxy) is 1. The van der Waals surface area contributed by atoms with Crippen LogP contribution in [-0.4, -0.2) is 32.1 Å². The minimum atomic E-state index is -0.971. The first-order chi connectivity index (χ1) is 8.36. The molecule has 0 bridgehead atoms. The van der Waals surface area contributed by atoms with E-state index in [2.05, 4.69) is 0 Å². The number of carbonyl (C=O) groups excluding carboxylic acids is 1. The molecule has 100 valence electrons. The molecule has 0 heterocycles. The molecule has 0 aromatic heterocycles. The topological polar surface area (TPSA) is 81.6 Å². The second-order valence-corrected chi connectivity index (χ2v) is 4.65. The average Bonchev–Trinajstić information content (AvgIpc) is 2.36. The predicted octanol–water partition coefficient (Wildman–Crippen LogP) is 0.724. The zero-order valence-corrected chi connectivity index (χ0v) is 11.1. The summed E-state index contributed by atoms with van der Waals surface area (Å²) in [5.74, 6) is 0.332. The summed E-state index contributed by atoms with van der Waals surface area (Å²) in [6.07, 6.45) is 0.505. The van der Waals surface area contributed by atoms with Crippen molar-refractivity contribution in [3.8, 4) is 5.75 Å². The number of anilines is 1. The maximum atomic E-state index is 11.1. The van der Waals surface area contributed by atoms with E-state index in [1.165, 1.54) is 0 Å². The third-order valence-electron chi connectivity index (χ3n) is 3.04. The van der Waals surface area contributed by atoms with E-state index in [0.717, 1.165) is 11.4 Å². The second-order valence-electron chi connectivity index (χ2n) is 4.65. The van der Waals surface area contributed by atoms with E-state index in [9.17, 15) is 4.79 Å².